The molecule has 12 aromatic rings. The molecule has 0 radical (unpaired) electrons. The molecular formula is C50H26N4O2. The lowest BCUT2D eigenvalue weighted by atomic mass is 9.99. The normalized spacial score (nSPS) is 11.9. The Morgan fingerprint density at radius 2 is 1.05 bits per heavy atom. The van der Waals surface area contributed by atoms with Gasteiger partial charge in [0.25, 0.3) is 0 Å². The molecule has 8 aromatic carbocycles. The van der Waals surface area contributed by atoms with Crippen LogP contribution in [0.4, 0.5) is 0 Å². The molecule has 0 atom stereocenters. The maximum absolute atomic E-state index is 10.6. The zero-order valence-electron chi connectivity index (χ0n) is 29.6. The standard InChI is InChI=1S/C50H26N4O2/c51-27-29-13-23-43-41(25-29)37-20-21-39-36-8-3-6-12-46(36)56-50(39)48(37)54(43)33-18-19-34(31(26-33)28-52)30-14-16-32(17-15-30)53-42-10-4-1-9-40(42)47-44(53)24-22-38-35-7-2-5-11-45(35)55-49(38)47/h1-26H. The van der Waals surface area contributed by atoms with E-state index in [0.29, 0.717) is 11.1 Å². The molecule has 56 heavy (non-hydrogen) atoms. The average Bonchev–Trinajstić information content (AvgIpc) is 4.01. The highest BCUT2D eigenvalue weighted by atomic mass is 16.3. The predicted molar refractivity (Wildman–Crippen MR) is 225 cm³/mol. The molecule has 0 amide bonds. The minimum Gasteiger partial charge on any atom is -0.455 e. The van der Waals surface area contributed by atoms with E-state index < -0.39 is 0 Å². The molecule has 0 unspecified atom stereocenters. The van der Waals surface area contributed by atoms with E-state index in [2.05, 4.69) is 112 Å². The molecule has 12 rings (SSSR count). The number of para-hydroxylation sites is 3. The number of fused-ring (bicyclic) bond motifs is 14. The average molecular weight is 715 g/mol. The third-order valence-electron chi connectivity index (χ3n) is 11.4. The Bertz CT molecular complexity index is 3730. The molecule has 0 N–H and O–H groups in total. The Balaban J connectivity index is 1.01. The van der Waals surface area contributed by atoms with E-state index in [1.807, 2.05) is 66.7 Å². The van der Waals surface area contributed by atoms with E-state index in [0.717, 1.165) is 110 Å². The molecule has 0 saturated heterocycles. The van der Waals surface area contributed by atoms with E-state index in [9.17, 15) is 10.5 Å². The first-order chi connectivity index (χ1) is 27.7. The molecule has 0 spiro atoms. The summed E-state index contributed by atoms with van der Waals surface area (Å²) in [6.07, 6.45) is 0. The molecule has 6 nitrogen and oxygen atoms in total. The lowest BCUT2D eigenvalue weighted by Crippen LogP contribution is -1.97. The quantitative estimate of drug-likeness (QED) is 0.182. The van der Waals surface area contributed by atoms with Crippen molar-refractivity contribution in [1.82, 2.24) is 9.13 Å². The Labute approximate surface area is 318 Å². The van der Waals surface area contributed by atoms with Crippen LogP contribution in [0.5, 0.6) is 0 Å². The summed E-state index contributed by atoms with van der Waals surface area (Å²) in [4.78, 5) is 0. The summed E-state index contributed by atoms with van der Waals surface area (Å²) in [5.41, 5.74) is 12.1. The number of nitriles is 2. The molecule has 0 bridgehead atoms. The Morgan fingerprint density at radius 3 is 1.82 bits per heavy atom. The van der Waals surface area contributed by atoms with Crippen molar-refractivity contribution in [2.24, 2.45) is 0 Å². The van der Waals surface area contributed by atoms with Crippen molar-refractivity contribution in [1.29, 1.82) is 10.5 Å². The maximum Gasteiger partial charge on any atom is 0.160 e. The van der Waals surface area contributed by atoms with Crippen molar-refractivity contribution < 1.29 is 8.83 Å². The van der Waals surface area contributed by atoms with Gasteiger partial charge in [-0.3, -0.25) is 0 Å². The second kappa shape index (κ2) is 11.2. The minimum atomic E-state index is 0.555. The number of furan rings is 2. The van der Waals surface area contributed by atoms with Gasteiger partial charge in [-0.15, -0.1) is 0 Å². The third-order valence-corrected chi connectivity index (χ3v) is 11.4. The van der Waals surface area contributed by atoms with E-state index in [4.69, 9.17) is 8.83 Å². The zero-order valence-corrected chi connectivity index (χ0v) is 29.6. The summed E-state index contributed by atoms with van der Waals surface area (Å²) in [6.45, 7) is 0. The second-order valence-electron chi connectivity index (χ2n) is 14.3. The van der Waals surface area contributed by atoms with Crippen LogP contribution in [0.25, 0.3) is 110 Å². The van der Waals surface area contributed by atoms with Gasteiger partial charge < -0.3 is 18.0 Å². The van der Waals surface area contributed by atoms with E-state index in [-0.39, 0.29) is 0 Å². The number of hydrogen-bond acceptors (Lipinski definition) is 4. The summed E-state index contributed by atoms with van der Waals surface area (Å²) in [7, 11) is 0. The number of nitrogens with zero attached hydrogens (tertiary/aromatic N) is 4. The van der Waals surface area contributed by atoms with Crippen molar-refractivity contribution in [3.05, 3.63) is 169 Å². The van der Waals surface area contributed by atoms with Gasteiger partial charge in [0.1, 0.15) is 16.7 Å². The van der Waals surface area contributed by atoms with Crippen molar-refractivity contribution >= 4 is 87.5 Å². The van der Waals surface area contributed by atoms with Crippen LogP contribution in [-0.2, 0) is 0 Å². The Hall–Kier alpha value is -8.06. The van der Waals surface area contributed by atoms with Crippen molar-refractivity contribution in [3.63, 3.8) is 0 Å². The fraction of sp³-hybridized carbons (Fsp3) is 0. The maximum atomic E-state index is 10.6. The highest BCUT2D eigenvalue weighted by Crippen LogP contribution is 2.43. The molecular weight excluding hydrogens is 689 g/mol. The van der Waals surface area contributed by atoms with Crippen LogP contribution in [0.2, 0.25) is 0 Å². The Kier molecular flexibility index (Phi) is 6.10. The predicted octanol–water partition coefficient (Wildman–Crippen LogP) is 13.1. The molecule has 258 valence electrons. The van der Waals surface area contributed by atoms with Crippen molar-refractivity contribution in [2.45, 2.75) is 0 Å². The van der Waals surface area contributed by atoms with Crippen LogP contribution in [0.1, 0.15) is 11.1 Å². The van der Waals surface area contributed by atoms with Gasteiger partial charge in [-0.1, -0.05) is 78.9 Å². The van der Waals surface area contributed by atoms with Crippen LogP contribution in [0.15, 0.2) is 167 Å². The van der Waals surface area contributed by atoms with Gasteiger partial charge in [0.2, 0.25) is 0 Å². The smallest absolute Gasteiger partial charge is 0.160 e. The monoisotopic (exact) mass is 714 g/mol. The van der Waals surface area contributed by atoms with Gasteiger partial charge in [-0.05, 0) is 90.0 Å². The summed E-state index contributed by atoms with van der Waals surface area (Å²) >= 11 is 0. The highest BCUT2D eigenvalue weighted by Gasteiger charge is 2.22. The Morgan fingerprint density at radius 1 is 0.429 bits per heavy atom. The van der Waals surface area contributed by atoms with Crippen LogP contribution in [0, 0.1) is 22.7 Å². The fourth-order valence-corrected chi connectivity index (χ4v) is 8.94. The van der Waals surface area contributed by atoms with Crippen LogP contribution < -0.4 is 0 Å². The van der Waals surface area contributed by atoms with Gasteiger partial charge in [0.05, 0.1) is 50.7 Å². The minimum absolute atomic E-state index is 0.555. The lowest BCUT2D eigenvalue weighted by Gasteiger charge is -2.13. The summed E-state index contributed by atoms with van der Waals surface area (Å²) in [5.74, 6) is 0. The molecule has 0 aliphatic rings. The topological polar surface area (TPSA) is 83.7 Å². The first-order valence-corrected chi connectivity index (χ1v) is 18.5. The second-order valence-corrected chi connectivity index (χ2v) is 14.3. The lowest BCUT2D eigenvalue weighted by molar-refractivity contribution is 0.671. The first kappa shape index (κ1) is 30.4. The van der Waals surface area contributed by atoms with Crippen LogP contribution >= 0.6 is 0 Å². The van der Waals surface area contributed by atoms with Crippen molar-refractivity contribution in [3.8, 4) is 34.6 Å². The first-order valence-electron chi connectivity index (χ1n) is 18.5. The van der Waals surface area contributed by atoms with Gasteiger partial charge in [-0.25, -0.2) is 0 Å². The number of hydrogen-bond donors (Lipinski definition) is 0. The molecule has 4 aromatic heterocycles. The van der Waals surface area contributed by atoms with E-state index in [1.165, 1.54) is 0 Å². The molecule has 4 heterocycles. The number of benzene rings is 8. The zero-order chi connectivity index (χ0) is 37.1. The molecule has 0 saturated carbocycles. The summed E-state index contributed by atoms with van der Waals surface area (Å²) < 4.78 is 17.5. The van der Waals surface area contributed by atoms with Crippen LogP contribution in [-0.4, -0.2) is 9.13 Å². The molecule has 0 fully saturated rings. The summed E-state index contributed by atoms with van der Waals surface area (Å²) in [5, 5.41) is 28.8. The summed E-state index contributed by atoms with van der Waals surface area (Å²) in [6, 6.07) is 58.3. The van der Waals surface area contributed by atoms with Gasteiger partial charge in [0, 0.05) is 49.1 Å². The largest absolute Gasteiger partial charge is 0.455 e. The third kappa shape index (κ3) is 4.07. The van der Waals surface area contributed by atoms with E-state index in [1.54, 1.807) is 0 Å². The molecule has 0 aliphatic carbocycles. The highest BCUT2D eigenvalue weighted by molar-refractivity contribution is 6.24. The molecule has 0 aliphatic heterocycles. The van der Waals surface area contributed by atoms with E-state index >= 15 is 0 Å². The SMILES string of the molecule is N#Cc1ccc2c(c1)c1ccc3c4ccccc4oc3c1n2-c1ccc(-c2ccc(-n3c4ccccc4c4c5oc6ccccc6c5ccc43)cc2)c(C#N)c1. The van der Waals surface area contributed by atoms with Gasteiger partial charge in [0.15, 0.2) is 5.58 Å². The molecule has 6 heteroatoms. The van der Waals surface area contributed by atoms with Gasteiger partial charge >= 0.3 is 0 Å². The van der Waals surface area contributed by atoms with Crippen LogP contribution in [0.3, 0.4) is 0 Å². The number of rotatable bonds is 3. The van der Waals surface area contributed by atoms with Crippen molar-refractivity contribution in [2.75, 3.05) is 0 Å². The fourth-order valence-electron chi connectivity index (χ4n) is 8.94. The number of aromatic nitrogens is 2. The van der Waals surface area contributed by atoms with Gasteiger partial charge in [-0.2, -0.15) is 10.5 Å².